The van der Waals surface area contributed by atoms with Crippen molar-refractivity contribution in [3.05, 3.63) is 5.82 Å². The van der Waals surface area contributed by atoms with Crippen molar-refractivity contribution in [2.24, 2.45) is 0 Å². The Balaban J connectivity index is 1.87. The van der Waals surface area contributed by atoms with E-state index in [1.807, 2.05) is 0 Å². The zero-order valence-electron chi connectivity index (χ0n) is 9.99. The number of nitrogens with zero attached hydrogens (tertiary/aromatic N) is 2. The Kier molecular flexibility index (Phi) is 4.12. The van der Waals surface area contributed by atoms with Crippen molar-refractivity contribution in [2.45, 2.75) is 51.6 Å². The molecule has 1 aliphatic rings. The third-order valence-electron chi connectivity index (χ3n) is 2.89. The van der Waals surface area contributed by atoms with Gasteiger partial charge in [0, 0.05) is 30.0 Å². The molecule has 0 amide bonds. The summed E-state index contributed by atoms with van der Waals surface area (Å²) in [6, 6.07) is 1.16. The van der Waals surface area contributed by atoms with Crippen molar-refractivity contribution >= 4 is 16.7 Å². The molecule has 1 aromatic rings. The van der Waals surface area contributed by atoms with Crippen LogP contribution < -0.4 is 10.6 Å². The summed E-state index contributed by atoms with van der Waals surface area (Å²) < 4.78 is 4.34. The average Bonchev–Trinajstić information content (AvgIpc) is 2.66. The van der Waals surface area contributed by atoms with Crippen molar-refractivity contribution in [1.29, 1.82) is 0 Å². The molecule has 0 aromatic carbocycles. The summed E-state index contributed by atoms with van der Waals surface area (Å²) in [5.41, 5.74) is 0. The molecule has 2 N–H and O–H groups in total. The summed E-state index contributed by atoms with van der Waals surface area (Å²) in [5.74, 6) is 0.983. The molecule has 2 heterocycles. The van der Waals surface area contributed by atoms with Crippen LogP contribution in [0.1, 0.15) is 38.9 Å². The minimum atomic E-state index is 0.554. The fraction of sp³-hybridized carbons (Fsp3) is 0.818. The van der Waals surface area contributed by atoms with Gasteiger partial charge in [-0.15, -0.1) is 0 Å². The molecule has 1 aliphatic heterocycles. The fourth-order valence-corrected chi connectivity index (χ4v) is 2.76. The topological polar surface area (TPSA) is 49.8 Å². The Morgan fingerprint density at radius 3 is 3.19 bits per heavy atom. The van der Waals surface area contributed by atoms with Gasteiger partial charge in [0.2, 0.25) is 5.13 Å². The van der Waals surface area contributed by atoms with Crippen molar-refractivity contribution in [3.63, 3.8) is 0 Å². The van der Waals surface area contributed by atoms with Gasteiger partial charge >= 0.3 is 0 Å². The van der Waals surface area contributed by atoms with Gasteiger partial charge in [-0.3, -0.25) is 0 Å². The second-order valence-corrected chi connectivity index (χ2v) is 5.24. The molecule has 1 aromatic heterocycles. The molecule has 1 fully saturated rings. The molecule has 2 rings (SSSR count). The third kappa shape index (κ3) is 3.15. The van der Waals surface area contributed by atoms with Crippen molar-refractivity contribution in [1.82, 2.24) is 14.7 Å². The highest BCUT2D eigenvalue weighted by Crippen LogP contribution is 2.18. The molecule has 16 heavy (non-hydrogen) atoms. The van der Waals surface area contributed by atoms with Crippen LogP contribution in [0.2, 0.25) is 0 Å². The summed E-state index contributed by atoms with van der Waals surface area (Å²) in [6.07, 6.45) is 4.44. The molecular weight excluding hydrogens is 220 g/mol. The van der Waals surface area contributed by atoms with E-state index in [0.29, 0.717) is 12.1 Å². The van der Waals surface area contributed by atoms with E-state index in [4.69, 9.17) is 0 Å². The standard InChI is InChI=1S/C11H20N4S/c1-3-4-10-14-11(16-15-10)13-9-5-6-12-8(2)7-9/h8-9,12H,3-7H2,1-2H3,(H,13,14,15). The highest BCUT2D eigenvalue weighted by molar-refractivity contribution is 7.09. The Morgan fingerprint density at radius 2 is 2.44 bits per heavy atom. The number of aryl methyl sites for hydroxylation is 1. The molecule has 90 valence electrons. The van der Waals surface area contributed by atoms with Crippen LogP contribution in [0.5, 0.6) is 0 Å². The van der Waals surface area contributed by atoms with Gasteiger partial charge in [0.05, 0.1) is 0 Å². The van der Waals surface area contributed by atoms with E-state index in [2.05, 4.69) is 33.8 Å². The highest BCUT2D eigenvalue weighted by atomic mass is 32.1. The fourth-order valence-electron chi connectivity index (χ4n) is 2.08. The number of aromatic nitrogens is 2. The number of anilines is 1. The second kappa shape index (κ2) is 5.59. The summed E-state index contributed by atoms with van der Waals surface area (Å²) in [4.78, 5) is 4.50. The SMILES string of the molecule is CCCc1nsc(NC2CCNC(C)C2)n1. The molecule has 0 radical (unpaired) electrons. The van der Waals surface area contributed by atoms with Crippen LogP contribution >= 0.6 is 11.5 Å². The molecule has 0 aliphatic carbocycles. The highest BCUT2D eigenvalue weighted by Gasteiger charge is 2.19. The molecule has 0 spiro atoms. The lowest BCUT2D eigenvalue weighted by Crippen LogP contribution is -2.41. The first-order chi connectivity index (χ1) is 7.78. The van der Waals surface area contributed by atoms with E-state index in [1.165, 1.54) is 24.4 Å². The monoisotopic (exact) mass is 240 g/mol. The molecule has 0 bridgehead atoms. The van der Waals surface area contributed by atoms with Crippen LogP contribution in [0.4, 0.5) is 5.13 Å². The summed E-state index contributed by atoms with van der Waals surface area (Å²) in [5, 5.41) is 7.93. The smallest absolute Gasteiger partial charge is 0.202 e. The van der Waals surface area contributed by atoms with Crippen LogP contribution in [0.15, 0.2) is 0 Å². The van der Waals surface area contributed by atoms with Crippen molar-refractivity contribution in [2.75, 3.05) is 11.9 Å². The van der Waals surface area contributed by atoms with Gasteiger partial charge in [0.1, 0.15) is 5.82 Å². The zero-order valence-corrected chi connectivity index (χ0v) is 10.8. The zero-order chi connectivity index (χ0) is 11.4. The van der Waals surface area contributed by atoms with Crippen molar-refractivity contribution < 1.29 is 0 Å². The maximum atomic E-state index is 4.50. The van der Waals surface area contributed by atoms with Gasteiger partial charge < -0.3 is 10.6 Å². The van der Waals surface area contributed by atoms with Crippen LogP contribution in [-0.2, 0) is 6.42 Å². The lowest BCUT2D eigenvalue weighted by atomic mass is 10.0. The molecule has 0 saturated carbocycles. The average molecular weight is 240 g/mol. The first kappa shape index (κ1) is 11.8. The molecule has 2 unspecified atom stereocenters. The minimum Gasteiger partial charge on any atom is -0.357 e. The maximum absolute atomic E-state index is 4.50. The quantitative estimate of drug-likeness (QED) is 0.845. The Morgan fingerprint density at radius 1 is 1.56 bits per heavy atom. The predicted octanol–water partition coefficient (Wildman–Crippen LogP) is 2.04. The number of hydrogen-bond donors (Lipinski definition) is 2. The number of rotatable bonds is 4. The lowest BCUT2D eigenvalue weighted by molar-refractivity contribution is 0.396. The van der Waals surface area contributed by atoms with E-state index in [-0.39, 0.29) is 0 Å². The van der Waals surface area contributed by atoms with E-state index < -0.39 is 0 Å². The van der Waals surface area contributed by atoms with Gasteiger partial charge in [-0.1, -0.05) is 6.92 Å². The predicted molar refractivity (Wildman–Crippen MR) is 68.0 cm³/mol. The van der Waals surface area contributed by atoms with E-state index in [1.54, 1.807) is 0 Å². The normalized spacial score (nSPS) is 25.6. The van der Waals surface area contributed by atoms with E-state index in [0.717, 1.165) is 30.3 Å². The first-order valence-electron chi connectivity index (χ1n) is 6.10. The molecule has 1 saturated heterocycles. The van der Waals surface area contributed by atoms with Crippen LogP contribution in [-0.4, -0.2) is 28.0 Å². The summed E-state index contributed by atoms with van der Waals surface area (Å²) >= 11 is 1.49. The van der Waals surface area contributed by atoms with Gasteiger partial charge in [-0.05, 0) is 32.7 Å². The van der Waals surface area contributed by atoms with Crippen LogP contribution in [0, 0.1) is 0 Å². The summed E-state index contributed by atoms with van der Waals surface area (Å²) in [7, 11) is 0. The largest absolute Gasteiger partial charge is 0.357 e. The van der Waals surface area contributed by atoms with Gasteiger partial charge in [-0.25, -0.2) is 4.98 Å². The van der Waals surface area contributed by atoms with Gasteiger partial charge in [0.15, 0.2) is 0 Å². The Hall–Kier alpha value is -0.680. The molecule has 5 heteroatoms. The van der Waals surface area contributed by atoms with Crippen LogP contribution in [0.25, 0.3) is 0 Å². The third-order valence-corrected chi connectivity index (χ3v) is 3.58. The van der Waals surface area contributed by atoms with Crippen LogP contribution in [0.3, 0.4) is 0 Å². The number of piperidine rings is 1. The minimum absolute atomic E-state index is 0.554. The summed E-state index contributed by atoms with van der Waals surface area (Å²) in [6.45, 7) is 5.48. The second-order valence-electron chi connectivity index (χ2n) is 4.49. The van der Waals surface area contributed by atoms with Gasteiger partial charge in [-0.2, -0.15) is 4.37 Å². The molecule has 2 atom stereocenters. The van der Waals surface area contributed by atoms with E-state index in [9.17, 15) is 0 Å². The molecular formula is C11H20N4S. The van der Waals surface area contributed by atoms with E-state index >= 15 is 0 Å². The Labute approximate surface area is 101 Å². The Bertz CT molecular complexity index is 326. The first-order valence-corrected chi connectivity index (χ1v) is 6.87. The lowest BCUT2D eigenvalue weighted by Gasteiger charge is -2.28. The number of hydrogen-bond acceptors (Lipinski definition) is 5. The maximum Gasteiger partial charge on any atom is 0.202 e. The van der Waals surface area contributed by atoms with Crippen molar-refractivity contribution in [3.8, 4) is 0 Å². The van der Waals surface area contributed by atoms with Gasteiger partial charge in [0.25, 0.3) is 0 Å². The number of nitrogens with one attached hydrogen (secondary N) is 2. The molecule has 4 nitrogen and oxygen atoms in total.